The molecule has 0 bridgehead atoms. The van der Waals surface area contributed by atoms with Crippen LogP contribution in [0.5, 0.6) is 0 Å². The molecule has 0 saturated carbocycles. The number of hydrogen-bond acceptors (Lipinski definition) is 4. The number of carboxylic acids is 1. The van der Waals surface area contributed by atoms with Crippen molar-refractivity contribution in [1.29, 1.82) is 0 Å². The van der Waals surface area contributed by atoms with Gasteiger partial charge in [-0.25, -0.2) is 0 Å². The van der Waals surface area contributed by atoms with E-state index in [0.717, 1.165) is 18.8 Å². The van der Waals surface area contributed by atoms with Crippen molar-refractivity contribution in [2.24, 2.45) is 5.73 Å². The van der Waals surface area contributed by atoms with E-state index in [0.29, 0.717) is 5.25 Å². The Balaban J connectivity index is 1.94. The molecule has 1 heterocycles. The van der Waals surface area contributed by atoms with Gasteiger partial charge in [0.25, 0.3) is 0 Å². The van der Waals surface area contributed by atoms with Gasteiger partial charge in [-0.05, 0) is 17.7 Å². The van der Waals surface area contributed by atoms with Crippen LogP contribution in [0.1, 0.15) is 18.0 Å². The number of ether oxygens (including phenoxy) is 1. The second-order valence-electron chi connectivity index (χ2n) is 4.05. The summed E-state index contributed by atoms with van der Waals surface area (Å²) in [6.07, 6.45) is -0.0387. The molecule has 1 saturated heterocycles. The maximum Gasteiger partial charge on any atom is 0.305 e. The van der Waals surface area contributed by atoms with Crippen molar-refractivity contribution < 1.29 is 14.6 Å². The van der Waals surface area contributed by atoms with Crippen LogP contribution in [-0.4, -0.2) is 29.5 Å². The van der Waals surface area contributed by atoms with Crippen molar-refractivity contribution in [3.05, 3.63) is 29.8 Å². The maximum atomic E-state index is 10.5. The van der Waals surface area contributed by atoms with Gasteiger partial charge < -0.3 is 15.6 Å². The molecule has 0 aliphatic carbocycles. The van der Waals surface area contributed by atoms with Crippen LogP contribution in [0.25, 0.3) is 0 Å². The lowest BCUT2D eigenvalue weighted by molar-refractivity contribution is -0.137. The van der Waals surface area contributed by atoms with Crippen molar-refractivity contribution in [3.8, 4) is 0 Å². The first-order valence-electron chi connectivity index (χ1n) is 5.47. The molecule has 0 amide bonds. The molecular weight excluding hydrogens is 238 g/mol. The molecule has 1 aromatic rings. The maximum absolute atomic E-state index is 10.5. The molecule has 0 radical (unpaired) electrons. The molecule has 1 aliphatic heterocycles. The van der Waals surface area contributed by atoms with Crippen LogP contribution >= 0.6 is 11.8 Å². The van der Waals surface area contributed by atoms with Gasteiger partial charge in [-0.1, -0.05) is 12.1 Å². The van der Waals surface area contributed by atoms with Crippen LogP contribution < -0.4 is 5.73 Å². The fourth-order valence-corrected chi connectivity index (χ4v) is 2.58. The van der Waals surface area contributed by atoms with E-state index < -0.39 is 12.0 Å². The first-order valence-corrected chi connectivity index (χ1v) is 6.35. The third-order valence-electron chi connectivity index (χ3n) is 2.61. The number of nitrogens with two attached hydrogens (primary N) is 1. The Morgan fingerprint density at radius 2 is 2.12 bits per heavy atom. The largest absolute Gasteiger partial charge is 0.481 e. The van der Waals surface area contributed by atoms with Crippen LogP contribution in [0, 0.1) is 0 Å². The smallest absolute Gasteiger partial charge is 0.305 e. The minimum atomic E-state index is -0.873. The summed E-state index contributed by atoms with van der Waals surface area (Å²) >= 11 is 1.78. The first kappa shape index (κ1) is 12.4. The molecular formula is C12H15NO3S. The molecule has 92 valence electrons. The number of hydrogen-bond donors (Lipinski definition) is 2. The third-order valence-corrected chi connectivity index (χ3v) is 3.76. The van der Waals surface area contributed by atoms with Crippen molar-refractivity contribution in [2.45, 2.75) is 22.6 Å². The zero-order valence-corrected chi connectivity index (χ0v) is 10.2. The molecule has 0 spiro atoms. The highest BCUT2D eigenvalue weighted by atomic mass is 32.2. The Morgan fingerprint density at radius 1 is 1.47 bits per heavy atom. The SMILES string of the molecule is NC(CC(=O)O)c1ccc(SC2COC2)cc1. The van der Waals surface area contributed by atoms with Crippen molar-refractivity contribution >= 4 is 17.7 Å². The van der Waals surface area contributed by atoms with Crippen LogP contribution in [0.4, 0.5) is 0 Å². The van der Waals surface area contributed by atoms with Crippen molar-refractivity contribution in [2.75, 3.05) is 13.2 Å². The second-order valence-corrected chi connectivity index (χ2v) is 5.42. The van der Waals surface area contributed by atoms with Gasteiger partial charge in [0.15, 0.2) is 0 Å². The van der Waals surface area contributed by atoms with Crippen LogP contribution in [0.15, 0.2) is 29.2 Å². The molecule has 1 fully saturated rings. The van der Waals surface area contributed by atoms with Crippen LogP contribution in [0.3, 0.4) is 0 Å². The zero-order chi connectivity index (χ0) is 12.3. The first-order chi connectivity index (χ1) is 8.15. The van der Waals surface area contributed by atoms with Crippen LogP contribution in [0.2, 0.25) is 0 Å². The van der Waals surface area contributed by atoms with Gasteiger partial charge in [-0.3, -0.25) is 4.79 Å². The number of aliphatic carboxylic acids is 1. The molecule has 17 heavy (non-hydrogen) atoms. The summed E-state index contributed by atoms with van der Waals surface area (Å²) in [5.74, 6) is -0.873. The monoisotopic (exact) mass is 253 g/mol. The van der Waals surface area contributed by atoms with E-state index in [9.17, 15) is 4.79 Å². The highest BCUT2D eigenvalue weighted by Crippen LogP contribution is 2.28. The Kier molecular flexibility index (Phi) is 4.04. The van der Waals surface area contributed by atoms with Gasteiger partial charge in [-0.15, -0.1) is 11.8 Å². The van der Waals surface area contributed by atoms with Crippen molar-refractivity contribution in [1.82, 2.24) is 0 Å². The number of benzene rings is 1. The third kappa shape index (κ3) is 3.46. The number of rotatable bonds is 5. The Hall–Kier alpha value is -1.04. The predicted octanol–water partition coefficient (Wildman–Crippen LogP) is 1.65. The van der Waals surface area contributed by atoms with E-state index in [1.165, 1.54) is 4.90 Å². The Bertz CT molecular complexity index is 389. The minimum Gasteiger partial charge on any atom is -0.481 e. The topological polar surface area (TPSA) is 72.6 Å². The van der Waals surface area contributed by atoms with Crippen LogP contribution in [-0.2, 0) is 9.53 Å². The lowest BCUT2D eigenvalue weighted by Gasteiger charge is -2.25. The van der Waals surface area contributed by atoms with E-state index in [-0.39, 0.29) is 6.42 Å². The highest BCUT2D eigenvalue weighted by Gasteiger charge is 2.19. The molecule has 3 N–H and O–H groups in total. The molecule has 5 heteroatoms. The summed E-state index contributed by atoms with van der Waals surface area (Å²) in [7, 11) is 0. The fraction of sp³-hybridized carbons (Fsp3) is 0.417. The van der Waals surface area contributed by atoms with Gasteiger partial charge in [-0.2, -0.15) is 0 Å². The average molecular weight is 253 g/mol. The molecule has 1 unspecified atom stereocenters. The summed E-state index contributed by atoms with van der Waals surface area (Å²) < 4.78 is 5.11. The van der Waals surface area contributed by atoms with E-state index in [1.807, 2.05) is 24.3 Å². The number of carboxylic acid groups (broad SMARTS) is 1. The van der Waals surface area contributed by atoms with Gasteiger partial charge in [0.05, 0.1) is 24.9 Å². The van der Waals surface area contributed by atoms with E-state index in [1.54, 1.807) is 11.8 Å². The van der Waals surface area contributed by atoms with E-state index in [4.69, 9.17) is 15.6 Å². The number of carbonyl (C=O) groups is 1. The quantitative estimate of drug-likeness (QED) is 0.834. The second kappa shape index (κ2) is 5.53. The average Bonchev–Trinajstić information content (AvgIpc) is 2.23. The Morgan fingerprint density at radius 3 is 2.59 bits per heavy atom. The van der Waals surface area contributed by atoms with Gasteiger partial charge in [0.1, 0.15) is 0 Å². The normalized spacial score (nSPS) is 17.5. The summed E-state index contributed by atoms with van der Waals surface area (Å²) in [5.41, 5.74) is 6.64. The summed E-state index contributed by atoms with van der Waals surface area (Å²) in [6.45, 7) is 1.62. The van der Waals surface area contributed by atoms with E-state index in [2.05, 4.69) is 0 Å². The highest BCUT2D eigenvalue weighted by molar-refractivity contribution is 8.00. The molecule has 1 atom stereocenters. The summed E-state index contributed by atoms with van der Waals surface area (Å²) in [4.78, 5) is 11.7. The fourth-order valence-electron chi connectivity index (χ4n) is 1.57. The van der Waals surface area contributed by atoms with Gasteiger partial charge in [0.2, 0.25) is 0 Å². The molecule has 1 aliphatic rings. The summed E-state index contributed by atoms with van der Waals surface area (Å²) in [6, 6.07) is 7.34. The molecule has 2 rings (SSSR count). The molecule has 4 nitrogen and oxygen atoms in total. The summed E-state index contributed by atoms with van der Waals surface area (Å²) in [5, 5.41) is 9.21. The van der Waals surface area contributed by atoms with Crippen molar-refractivity contribution in [3.63, 3.8) is 0 Å². The number of thioether (sulfide) groups is 1. The lowest BCUT2D eigenvalue weighted by Crippen LogP contribution is -2.29. The lowest BCUT2D eigenvalue weighted by atomic mass is 10.1. The molecule has 0 aromatic heterocycles. The van der Waals surface area contributed by atoms with Gasteiger partial charge in [0, 0.05) is 10.9 Å². The van der Waals surface area contributed by atoms with Gasteiger partial charge >= 0.3 is 5.97 Å². The van der Waals surface area contributed by atoms with E-state index >= 15 is 0 Å². The zero-order valence-electron chi connectivity index (χ0n) is 9.33. The predicted molar refractivity (Wildman–Crippen MR) is 66.1 cm³/mol. The standard InChI is InChI=1S/C12H15NO3S/c13-11(5-12(14)15)8-1-3-9(4-2-8)17-10-6-16-7-10/h1-4,10-11H,5-7,13H2,(H,14,15). The minimum absolute atomic E-state index is 0.0387. The molecule has 1 aromatic carbocycles. The Labute approximate surface area is 104 Å².